The molecule has 0 aliphatic heterocycles. The van der Waals surface area contributed by atoms with Crippen molar-refractivity contribution in [3.05, 3.63) is 71.8 Å². The van der Waals surface area contributed by atoms with E-state index in [0.29, 0.717) is 29.8 Å². The SMILES string of the molecule is CC(c1ccccc1)[C@@H]1C[C@]1(C)CC=O.CC(c1ccccc1)[C@@H]1C[C@]1(C)CCO.[B].[H-].[Na+]. The predicted molar refractivity (Wildman–Crippen MR) is 131 cm³/mol. The van der Waals surface area contributed by atoms with Crippen LogP contribution in [0, 0.1) is 22.7 Å². The molecule has 2 unspecified atom stereocenters. The Hall–Kier alpha value is -0.865. The van der Waals surface area contributed by atoms with Crippen LogP contribution in [0.15, 0.2) is 60.7 Å². The van der Waals surface area contributed by atoms with Crippen molar-refractivity contribution >= 4 is 14.7 Å². The first-order chi connectivity index (χ1) is 14.3. The van der Waals surface area contributed by atoms with E-state index in [2.05, 4.69) is 82.3 Å². The van der Waals surface area contributed by atoms with Gasteiger partial charge in [0.15, 0.2) is 0 Å². The summed E-state index contributed by atoms with van der Waals surface area (Å²) < 4.78 is 0. The van der Waals surface area contributed by atoms with Crippen molar-refractivity contribution in [2.45, 2.75) is 65.2 Å². The van der Waals surface area contributed by atoms with Gasteiger partial charge in [0.05, 0.1) is 0 Å². The zero-order valence-electron chi connectivity index (χ0n) is 21.6. The van der Waals surface area contributed by atoms with Gasteiger partial charge < -0.3 is 11.3 Å². The summed E-state index contributed by atoms with van der Waals surface area (Å²) in [5.74, 6) is 2.65. The van der Waals surface area contributed by atoms with Gasteiger partial charge in [-0.15, -0.1) is 0 Å². The first kappa shape index (κ1) is 29.2. The first-order valence-corrected chi connectivity index (χ1v) is 11.5. The molecular formula is C28H39BNaO2. The van der Waals surface area contributed by atoms with Crippen LogP contribution >= 0.6 is 0 Å². The van der Waals surface area contributed by atoms with Crippen LogP contribution < -0.4 is 29.6 Å². The van der Waals surface area contributed by atoms with Gasteiger partial charge in [-0.2, -0.15) is 0 Å². The normalized spacial score (nSPS) is 29.2. The number of aldehydes is 1. The van der Waals surface area contributed by atoms with Crippen molar-refractivity contribution in [2.75, 3.05) is 6.61 Å². The summed E-state index contributed by atoms with van der Waals surface area (Å²) in [6.07, 6.45) is 5.20. The number of benzene rings is 2. The Labute approximate surface area is 220 Å². The Morgan fingerprint density at radius 2 is 1.31 bits per heavy atom. The second kappa shape index (κ2) is 12.6. The number of carbonyl (C=O) groups is 1. The third-order valence-corrected chi connectivity index (χ3v) is 7.93. The van der Waals surface area contributed by atoms with E-state index in [1.165, 1.54) is 24.0 Å². The van der Waals surface area contributed by atoms with Crippen molar-refractivity contribution in [1.29, 1.82) is 0 Å². The fourth-order valence-electron chi connectivity index (χ4n) is 5.39. The quantitative estimate of drug-likeness (QED) is 0.504. The minimum atomic E-state index is 0. The molecule has 3 radical (unpaired) electrons. The monoisotopic (exact) mass is 441 g/mol. The van der Waals surface area contributed by atoms with Gasteiger partial charge in [0.25, 0.3) is 0 Å². The molecule has 2 nitrogen and oxygen atoms in total. The van der Waals surface area contributed by atoms with Gasteiger partial charge in [0.2, 0.25) is 0 Å². The van der Waals surface area contributed by atoms with Crippen LogP contribution in [0.2, 0.25) is 0 Å². The van der Waals surface area contributed by atoms with Gasteiger partial charge in [0.1, 0.15) is 6.29 Å². The van der Waals surface area contributed by atoms with Crippen molar-refractivity contribution < 1.29 is 40.9 Å². The number of hydrogen-bond acceptors (Lipinski definition) is 2. The summed E-state index contributed by atoms with van der Waals surface area (Å²) in [4.78, 5) is 10.6. The summed E-state index contributed by atoms with van der Waals surface area (Å²) in [6.45, 7) is 9.44. The average molecular weight is 441 g/mol. The molecule has 2 aromatic carbocycles. The van der Waals surface area contributed by atoms with Gasteiger partial charge in [-0.1, -0.05) is 88.4 Å². The van der Waals surface area contributed by atoms with E-state index in [0.717, 1.165) is 25.0 Å². The van der Waals surface area contributed by atoms with E-state index < -0.39 is 0 Å². The number of carbonyl (C=O) groups excluding carboxylic acids is 1. The van der Waals surface area contributed by atoms with Gasteiger partial charge in [-0.05, 0) is 64.9 Å². The molecule has 2 aromatic rings. The standard InChI is InChI=1S/C14H20O.C14H18O.B.Na.H/c2*1-11(12-6-4-3-5-7-12)13-10-14(13,2)8-9-15;;;/h3-7,11,13,15H,8-10H2,1-2H3;3-7,9,11,13H,8,10H2,1-2H3;;;/q;;;+1;-1/t2*11?,13-,14-;;;/m00.../s1. The molecule has 4 rings (SSSR count). The smallest absolute Gasteiger partial charge is 1.00 e. The fourth-order valence-corrected chi connectivity index (χ4v) is 5.39. The Kier molecular flexibility index (Phi) is 11.4. The van der Waals surface area contributed by atoms with Crippen LogP contribution in [-0.4, -0.2) is 26.4 Å². The van der Waals surface area contributed by atoms with E-state index in [4.69, 9.17) is 5.11 Å². The van der Waals surface area contributed by atoms with Crippen LogP contribution in [-0.2, 0) is 4.79 Å². The van der Waals surface area contributed by atoms with Gasteiger partial charge >= 0.3 is 29.6 Å². The molecule has 2 saturated carbocycles. The van der Waals surface area contributed by atoms with E-state index >= 15 is 0 Å². The molecule has 167 valence electrons. The zero-order valence-corrected chi connectivity index (χ0v) is 22.6. The van der Waals surface area contributed by atoms with Crippen LogP contribution in [0.5, 0.6) is 0 Å². The second-order valence-corrected chi connectivity index (χ2v) is 10.2. The number of aliphatic hydroxyl groups is 1. The maximum atomic E-state index is 10.6. The van der Waals surface area contributed by atoms with Crippen molar-refractivity contribution in [1.82, 2.24) is 0 Å². The summed E-state index contributed by atoms with van der Waals surface area (Å²) in [6, 6.07) is 21.3. The van der Waals surface area contributed by atoms with E-state index in [1.54, 1.807) is 0 Å². The molecule has 1 N–H and O–H groups in total. The maximum absolute atomic E-state index is 10.6. The van der Waals surface area contributed by atoms with Crippen molar-refractivity contribution in [2.24, 2.45) is 22.7 Å². The average Bonchev–Trinajstić information content (AvgIpc) is 3.64. The predicted octanol–water partition coefficient (Wildman–Crippen LogP) is 3.34. The Morgan fingerprint density at radius 1 is 0.906 bits per heavy atom. The molecule has 2 fully saturated rings. The number of rotatable bonds is 8. The Balaban J connectivity index is 0.000000569. The summed E-state index contributed by atoms with van der Waals surface area (Å²) >= 11 is 0. The largest absolute Gasteiger partial charge is 1.00 e. The first-order valence-electron chi connectivity index (χ1n) is 11.5. The molecule has 0 amide bonds. The number of hydrogen-bond donors (Lipinski definition) is 1. The van der Waals surface area contributed by atoms with Crippen LogP contribution in [0.3, 0.4) is 0 Å². The van der Waals surface area contributed by atoms with Gasteiger partial charge in [0, 0.05) is 21.4 Å². The molecule has 2 aliphatic rings. The summed E-state index contributed by atoms with van der Waals surface area (Å²) in [5.41, 5.74) is 3.50. The fraction of sp³-hybridized carbons (Fsp3) is 0.536. The molecule has 2 aliphatic carbocycles. The minimum Gasteiger partial charge on any atom is -1.00 e. The second-order valence-electron chi connectivity index (χ2n) is 10.2. The molecule has 0 spiro atoms. The topological polar surface area (TPSA) is 37.3 Å². The van der Waals surface area contributed by atoms with Crippen LogP contribution in [0.4, 0.5) is 0 Å². The van der Waals surface area contributed by atoms with E-state index in [9.17, 15) is 4.79 Å². The Bertz CT molecular complexity index is 821. The van der Waals surface area contributed by atoms with E-state index in [-0.39, 0.29) is 44.8 Å². The molecule has 4 heteroatoms. The molecule has 6 atom stereocenters. The van der Waals surface area contributed by atoms with Crippen LogP contribution in [0.1, 0.15) is 77.8 Å². The zero-order chi connectivity index (χ0) is 21.8. The van der Waals surface area contributed by atoms with Crippen molar-refractivity contribution in [3.63, 3.8) is 0 Å². The molecule has 0 bridgehead atoms. The van der Waals surface area contributed by atoms with Crippen molar-refractivity contribution in [3.8, 4) is 0 Å². The molecule has 0 aromatic heterocycles. The van der Waals surface area contributed by atoms with Crippen LogP contribution in [0.25, 0.3) is 0 Å². The minimum absolute atomic E-state index is 0. The maximum Gasteiger partial charge on any atom is 1.00 e. The molecule has 0 heterocycles. The summed E-state index contributed by atoms with van der Waals surface area (Å²) in [7, 11) is 0. The van der Waals surface area contributed by atoms with Gasteiger partial charge in [-0.3, -0.25) is 0 Å². The molecule has 32 heavy (non-hydrogen) atoms. The number of aliphatic hydroxyl groups excluding tert-OH is 1. The molecule has 0 saturated heterocycles. The summed E-state index contributed by atoms with van der Waals surface area (Å²) in [5, 5.41) is 9.01. The van der Waals surface area contributed by atoms with E-state index in [1.807, 2.05) is 6.07 Å². The Morgan fingerprint density at radius 3 is 1.72 bits per heavy atom. The van der Waals surface area contributed by atoms with Gasteiger partial charge in [-0.25, -0.2) is 0 Å². The third kappa shape index (κ3) is 7.06. The molecular weight excluding hydrogens is 402 g/mol. The third-order valence-electron chi connectivity index (χ3n) is 7.93.